The number of rotatable bonds is 9. The number of hydrogen-bond acceptors (Lipinski definition) is 3. The van der Waals surface area contributed by atoms with Gasteiger partial charge in [-0.1, -0.05) is 6.92 Å². The fourth-order valence-corrected chi connectivity index (χ4v) is 1.20. The molecule has 1 N–H and O–H groups in total. The van der Waals surface area contributed by atoms with Gasteiger partial charge in [0, 0.05) is 27.4 Å². The number of ether oxygens (including phenoxy) is 2. The van der Waals surface area contributed by atoms with E-state index in [2.05, 4.69) is 12.2 Å². The summed E-state index contributed by atoms with van der Waals surface area (Å²) < 4.78 is 9.93. The minimum absolute atomic E-state index is 0.729. The normalized spacial score (nSPS) is 13.2. The molecule has 0 heterocycles. The number of hydrogen-bond donors (Lipinski definition) is 1. The Balaban J connectivity index is 3.05. The molecule has 1 atom stereocenters. The number of methoxy groups -OCH3 is 2. The molecule has 1 unspecified atom stereocenters. The van der Waals surface area contributed by atoms with Gasteiger partial charge in [0.25, 0.3) is 0 Å². The largest absolute Gasteiger partial charge is 0.385 e. The second-order valence-electron chi connectivity index (χ2n) is 3.44. The predicted octanol–water partition coefficient (Wildman–Crippen LogP) is 1.29. The van der Waals surface area contributed by atoms with Crippen LogP contribution < -0.4 is 5.32 Å². The molecule has 13 heavy (non-hydrogen) atoms. The van der Waals surface area contributed by atoms with Crippen molar-refractivity contribution in [3.8, 4) is 0 Å². The molecule has 0 rings (SSSR count). The van der Waals surface area contributed by atoms with Gasteiger partial charge < -0.3 is 14.8 Å². The van der Waals surface area contributed by atoms with Crippen molar-refractivity contribution in [1.82, 2.24) is 5.32 Å². The lowest BCUT2D eigenvalue weighted by molar-refractivity contribution is 0.185. The lowest BCUT2D eigenvalue weighted by Gasteiger charge is -2.11. The minimum Gasteiger partial charge on any atom is -0.385 e. The SMILES string of the molecule is COCCCC(C)CNCCOC. The second kappa shape index (κ2) is 9.96. The lowest BCUT2D eigenvalue weighted by atomic mass is 10.1. The van der Waals surface area contributed by atoms with E-state index in [4.69, 9.17) is 9.47 Å². The molecule has 0 aliphatic heterocycles. The van der Waals surface area contributed by atoms with Gasteiger partial charge >= 0.3 is 0 Å². The molecular formula is C10H23NO2. The summed E-state index contributed by atoms with van der Waals surface area (Å²) in [6.45, 7) is 5.96. The standard InChI is InChI=1S/C10H23NO2/c1-10(5-4-7-12-2)9-11-6-8-13-3/h10-11H,4-9H2,1-3H3. The summed E-state index contributed by atoms with van der Waals surface area (Å²) in [5.41, 5.74) is 0. The quantitative estimate of drug-likeness (QED) is 0.554. The van der Waals surface area contributed by atoms with Gasteiger partial charge in [0.15, 0.2) is 0 Å². The zero-order chi connectivity index (χ0) is 9.94. The summed E-state index contributed by atoms with van der Waals surface area (Å²) >= 11 is 0. The highest BCUT2D eigenvalue weighted by Gasteiger charge is 2.00. The summed E-state index contributed by atoms with van der Waals surface area (Å²) in [4.78, 5) is 0. The van der Waals surface area contributed by atoms with Crippen LogP contribution in [0, 0.1) is 5.92 Å². The maximum Gasteiger partial charge on any atom is 0.0587 e. The van der Waals surface area contributed by atoms with Gasteiger partial charge in [-0.2, -0.15) is 0 Å². The molecule has 0 aromatic carbocycles. The average Bonchev–Trinajstić information content (AvgIpc) is 2.13. The Kier molecular flexibility index (Phi) is 9.87. The maximum atomic E-state index is 4.99. The molecule has 0 bridgehead atoms. The fourth-order valence-electron chi connectivity index (χ4n) is 1.20. The second-order valence-corrected chi connectivity index (χ2v) is 3.44. The lowest BCUT2D eigenvalue weighted by Crippen LogP contribution is -2.24. The third-order valence-electron chi connectivity index (χ3n) is 2.02. The summed E-state index contributed by atoms with van der Waals surface area (Å²) in [7, 11) is 3.48. The van der Waals surface area contributed by atoms with Crippen molar-refractivity contribution in [2.45, 2.75) is 19.8 Å². The molecule has 0 aliphatic rings. The molecule has 0 fully saturated rings. The van der Waals surface area contributed by atoms with Crippen LogP contribution in [0.1, 0.15) is 19.8 Å². The van der Waals surface area contributed by atoms with Crippen LogP contribution in [0.4, 0.5) is 0 Å². The van der Waals surface area contributed by atoms with Gasteiger partial charge in [-0.05, 0) is 25.3 Å². The zero-order valence-electron chi connectivity index (χ0n) is 9.14. The van der Waals surface area contributed by atoms with Crippen LogP contribution in [0.5, 0.6) is 0 Å². The topological polar surface area (TPSA) is 30.5 Å². The molecule has 0 amide bonds. The molecule has 3 nitrogen and oxygen atoms in total. The molecule has 3 heteroatoms. The van der Waals surface area contributed by atoms with Gasteiger partial charge in [0.1, 0.15) is 0 Å². The molecule has 0 radical (unpaired) electrons. The van der Waals surface area contributed by atoms with Crippen LogP contribution in [-0.2, 0) is 9.47 Å². The Morgan fingerprint density at radius 3 is 2.46 bits per heavy atom. The van der Waals surface area contributed by atoms with E-state index >= 15 is 0 Å². The van der Waals surface area contributed by atoms with Crippen LogP contribution in [0.2, 0.25) is 0 Å². The van der Waals surface area contributed by atoms with E-state index < -0.39 is 0 Å². The number of nitrogens with one attached hydrogen (secondary N) is 1. The van der Waals surface area contributed by atoms with Crippen molar-refractivity contribution in [2.75, 3.05) is 40.5 Å². The van der Waals surface area contributed by atoms with Gasteiger partial charge in [0.05, 0.1) is 6.61 Å². The molecule has 0 aliphatic carbocycles. The first kappa shape index (κ1) is 12.9. The third-order valence-corrected chi connectivity index (χ3v) is 2.02. The first-order chi connectivity index (χ1) is 6.31. The van der Waals surface area contributed by atoms with Crippen molar-refractivity contribution in [2.24, 2.45) is 5.92 Å². The molecular weight excluding hydrogens is 166 g/mol. The third kappa shape index (κ3) is 9.80. The van der Waals surface area contributed by atoms with Crippen molar-refractivity contribution >= 4 is 0 Å². The Morgan fingerprint density at radius 2 is 1.85 bits per heavy atom. The van der Waals surface area contributed by atoms with E-state index in [-0.39, 0.29) is 0 Å². The van der Waals surface area contributed by atoms with Crippen LogP contribution in [-0.4, -0.2) is 40.5 Å². The van der Waals surface area contributed by atoms with Crippen LogP contribution >= 0.6 is 0 Å². The summed E-state index contributed by atoms with van der Waals surface area (Å²) in [5, 5.41) is 3.35. The van der Waals surface area contributed by atoms with Crippen molar-refractivity contribution < 1.29 is 9.47 Å². The van der Waals surface area contributed by atoms with Crippen molar-refractivity contribution in [1.29, 1.82) is 0 Å². The summed E-state index contributed by atoms with van der Waals surface area (Å²) in [6, 6.07) is 0. The van der Waals surface area contributed by atoms with E-state index in [0.717, 1.165) is 38.6 Å². The Labute approximate surface area is 81.8 Å². The Morgan fingerprint density at radius 1 is 1.15 bits per heavy atom. The van der Waals surface area contributed by atoms with Crippen LogP contribution in [0.25, 0.3) is 0 Å². The first-order valence-corrected chi connectivity index (χ1v) is 4.99. The van der Waals surface area contributed by atoms with Gasteiger partial charge in [-0.3, -0.25) is 0 Å². The fraction of sp³-hybridized carbons (Fsp3) is 1.00. The molecule has 80 valence electrons. The van der Waals surface area contributed by atoms with Gasteiger partial charge in [-0.15, -0.1) is 0 Å². The van der Waals surface area contributed by atoms with Gasteiger partial charge in [-0.25, -0.2) is 0 Å². The molecule has 0 saturated heterocycles. The monoisotopic (exact) mass is 189 g/mol. The van der Waals surface area contributed by atoms with E-state index in [1.165, 1.54) is 6.42 Å². The highest BCUT2D eigenvalue weighted by atomic mass is 16.5. The smallest absolute Gasteiger partial charge is 0.0587 e. The summed E-state index contributed by atoms with van der Waals surface area (Å²) in [6.07, 6.45) is 2.39. The Bertz CT molecular complexity index is 98.9. The highest BCUT2D eigenvalue weighted by Crippen LogP contribution is 2.03. The highest BCUT2D eigenvalue weighted by molar-refractivity contribution is 4.56. The van der Waals surface area contributed by atoms with Crippen LogP contribution in [0.3, 0.4) is 0 Å². The van der Waals surface area contributed by atoms with Crippen molar-refractivity contribution in [3.63, 3.8) is 0 Å². The van der Waals surface area contributed by atoms with Crippen LogP contribution in [0.15, 0.2) is 0 Å². The van der Waals surface area contributed by atoms with E-state index in [0.29, 0.717) is 0 Å². The summed E-state index contributed by atoms with van der Waals surface area (Å²) in [5.74, 6) is 0.729. The van der Waals surface area contributed by atoms with Gasteiger partial charge in [0.2, 0.25) is 0 Å². The van der Waals surface area contributed by atoms with E-state index in [1.807, 2.05) is 0 Å². The zero-order valence-corrected chi connectivity index (χ0v) is 9.14. The van der Waals surface area contributed by atoms with Crippen molar-refractivity contribution in [3.05, 3.63) is 0 Å². The molecule has 0 aromatic heterocycles. The minimum atomic E-state index is 0.729. The molecule has 0 aromatic rings. The molecule has 0 spiro atoms. The maximum absolute atomic E-state index is 4.99. The average molecular weight is 189 g/mol. The predicted molar refractivity (Wildman–Crippen MR) is 55.0 cm³/mol. The first-order valence-electron chi connectivity index (χ1n) is 4.99. The van der Waals surface area contributed by atoms with E-state index in [9.17, 15) is 0 Å². The Hall–Kier alpha value is -0.120. The van der Waals surface area contributed by atoms with E-state index in [1.54, 1.807) is 14.2 Å². The molecule has 0 saturated carbocycles.